The molecule has 0 aromatic heterocycles. The number of amides is 1. The summed E-state index contributed by atoms with van der Waals surface area (Å²) < 4.78 is 5.46. The topological polar surface area (TPSA) is 29.5 Å². The Morgan fingerprint density at radius 1 is 1.24 bits per heavy atom. The maximum atomic E-state index is 13.4. The lowest BCUT2D eigenvalue weighted by molar-refractivity contribution is -0.129. The van der Waals surface area contributed by atoms with Crippen molar-refractivity contribution in [2.45, 2.75) is 64.5 Å². The van der Waals surface area contributed by atoms with E-state index >= 15 is 0 Å². The van der Waals surface area contributed by atoms with Gasteiger partial charge in [-0.2, -0.15) is 0 Å². The molecule has 1 aromatic rings. The number of carbonyl (C=O) groups excluding carboxylic acids is 1. The molecule has 1 aromatic carbocycles. The van der Waals surface area contributed by atoms with Gasteiger partial charge in [-0.1, -0.05) is 31.1 Å². The molecule has 3 aliphatic rings. The van der Waals surface area contributed by atoms with Gasteiger partial charge in [0.1, 0.15) is 5.75 Å². The third-order valence-corrected chi connectivity index (χ3v) is 6.35. The third kappa shape index (κ3) is 3.33. The Hall–Kier alpha value is -1.77. The highest BCUT2D eigenvalue weighted by Crippen LogP contribution is 2.42. The van der Waals surface area contributed by atoms with Gasteiger partial charge in [-0.15, -0.1) is 0 Å². The molecule has 0 heterocycles. The van der Waals surface area contributed by atoms with Crippen LogP contribution in [0.4, 0.5) is 0 Å². The van der Waals surface area contributed by atoms with Gasteiger partial charge in [0.2, 0.25) is 5.91 Å². The second kappa shape index (κ2) is 6.86. The Labute approximate surface area is 151 Å². The summed E-state index contributed by atoms with van der Waals surface area (Å²) in [5, 5.41) is 0. The van der Waals surface area contributed by atoms with Crippen molar-refractivity contribution in [3.63, 3.8) is 0 Å². The van der Waals surface area contributed by atoms with Crippen LogP contribution < -0.4 is 4.74 Å². The Morgan fingerprint density at radius 3 is 2.84 bits per heavy atom. The van der Waals surface area contributed by atoms with E-state index in [9.17, 15) is 4.79 Å². The van der Waals surface area contributed by atoms with Gasteiger partial charge in [-0.25, -0.2) is 0 Å². The highest BCUT2D eigenvalue weighted by Gasteiger charge is 2.38. The van der Waals surface area contributed by atoms with Crippen LogP contribution >= 0.6 is 0 Å². The number of benzene rings is 1. The zero-order valence-electron chi connectivity index (χ0n) is 15.5. The van der Waals surface area contributed by atoms with Crippen molar-refractivity contribution in [3.05, 3.63) is 41.0 Å². The molecule has 2 atom stereocenters. The van der Waals surface area contributed by atoms with Gasteiger partial charge < -0.3 is 9.64 Å². The van der Waals surface area contributed by atoms with Crippen molar-refractivity contribution in [3.8, 4) is 5.75 Å². The second-order valence-electron chi connectivity index (χ2n) is 8.03. The van der Waals surface area contributed by atoms with Gasteiger partial charge in [0.05, 0.1) is 7.11 Å². The summed E-state index contributed by atoms with van der Waals surface area (Å²) in [7, 11) is 1.71. The SMILES string of the molecule is COc1cccc(CN(C(=O)C2=CCC3CCCC2C3)C2CC2)c1C. The third-order valence-electron chi connectivity index (χ3n) is 6.35. The van der Waals surface area contributed by atoms with Crippen LogP contribution in [0.5, 0.6) is 5.75 Å². The van der Waals surface area contributed by atoms with E-state index in [4.69, 9.17) is 4.74 Å². The summed E-state index contributed by atoms with van der Waals surface area (Å²) >= 11 is 0. The maximum Gasteiger partial charge on any atom is 0.250 e. The van der Waals surface area contributed by atoms with Crippen molar-refractivity contribution in [1.29, 1.82) is 0 Å². The molecule has 2 bridgehead atoms. The largest absolute Gasteiger partial charge is 0.496 e. The molecular weight excluding hydrogens is 310 g/mol. The van der Waals surface area contributed by atoms with Crippen LogP contribution in [0.15, 0.2) is 29.8 Å². The molecule has 1 amide bonds. The van der Waals surface area contributed by atoms with Crippen molar-refractivity contribution < 1.29 is 9.53 Å². The van der Waals surface area contributed by atoms with Gasteiger partial charge in [0, 0.05) is 18.2 Å². The lowest BCUT2D eigenvalue weighted by Gasteiger charge is -2.36. The van der Waals surface area contributed by atoms with Crippen molar-refractivity contribution in [2.75, 3.05) is 7.11 Å². The fraction of sp³-hybridized carbons (Fsp3) is 0.591. The molecule has 0 aliphatic heterocycles. The molecular formula is C22H29NO2. The molecule has 2 saturated carbocycles. The monoisotopic (exact) mass is 339 g/mol. The normalized spacial score (nSPS) is 25.3. The van der Waals surface area contributed by atoms with Crippen molar-refractivity contribution in [1.82, 2.24) is 4.90 Å². The van der Waals surface area contributed by atoms with E-state index < -0.39 is 0 Å². The summed E-state index contributed by atoms with van der Waals surface area (Å²) in [6.45, 7) is 2.80. The number of carbonyl (C=O) groups is 1. The molecule has 0 saturated heterocycles. The smallest absolute Gasteiger partial charge is 0.250 e. The Morgan fingerprint density at radius 2 is 2.08 bits per heavy atom. The Kier molecular flexibility index (Phi) is 4.58. The number of fused-ring (bicyclic) bond motifs is 2. The fourth-order valence-electron chi connectivity index (χ4n) is 4.66. The van der Waals surface area contributed by atoms with E-state index in [1.54, 1.807) is 7.11 Å². The van der Waals surface area contributed by atoms with Crippen LogP contribution in [0.25, 0.3) is 0 Å². The zero-order chi connectivity index (χ0) is 17.4. The van der Waals surface area contributed by atoms with E-state index in [-0.39, 0.29) is 0 Å². The summed E-state index contributed by atoms with van der Waals surface area (Å²) in [5.74, 6) is 2.54. The van der Waals surface area contributed by atoms with Crippen molar-refractivity contribution >= 4 is 5.91 Å². The van der Waals surface area contributed by atoms with Gasteiger partial charge in [-0.3, -0.25) is 4.79 Å². The molecule has 2 unspecified atom stereocenters. The minimum atomic E-state index is 0.301. The van der Waals surface area contributed by atoms with Crippen LogP contribution in [0, 0.1) is 18.8 Å². The second-order valence-corrected chi connectivity index (χ2v) is 8.03. The van der Waals surface area contributed by atoms with Gasteiger partial charge in [0.25, 0.3) is 0 Å². The van der Waals surface area contributed by atoms with E-state index in [0.717, 1.165) is 42.1 Å². The maximum absolute atomic E-state index is 13.4. The molecule has 3 heteroatoms. The van der Waals surface area contributed by atoms with Crippen molar-refractivity contribution in [2.24, 2.45) is 11.8 Å². The zero-order valence-corrected chi connectivity index (χ0v) is 15.5. The molecule has 25 heavy (non-hydrogen) atoms. The molecule has 2 fully saturated rings. The standard InChI is InChI=1S/C22H29NO2/c1-15-18(7-4-8-21(15)25-2)14-23(19-10-11-19)22(24)20-12-9-16-5-3-6-17(20)13-16/h4,7-8,12,16-17,19H,3,5-6,9-11,13-14H2,1-2H3. The number of rotatable bonds is 5. The lowest BCUT2D eigenvalue weighted by Crippen LogP contribution is -2.37. The summed E-state index contributed by atoms with van der Waals surface area (Å²) in [6, 6.07) is 6.59. The number of ether oxygens (including phenoxy) is 1. The van der Waals surface area contributed by atoms with Crippen LogP contribution in [0.1, 0.15) is 56.1 Å². The van der Waals surface area contributed by atoms with Crippen LogP contribution in [0.3, 0.4) is 0 Å². The average molecular weight is 339 g/mol. The number of nitrogens with zero attached hydrogens (tertiary/aromatic N) is 1. The summed E-state index contributed by atoms with van der Waals surface area (Å²) in [6.07, 6.45) is 10.7. The van der Waals surface area contributed by atoms with E-state index in [0.29, 0.717) is 24.4 Å². The molecule has 0 N–H and O–H groups in total. The highest BCUT2D eigenvalue weighted by atomic mass is 16.5. The van der Waals surface area contributed by atoms with E-state index in [1.807, 2.05) is 12.1 Å². The van der Waals surface area contributed by atoms with E-state index in [2.05, 4.69) is 24.0 Å². The number of hydrogen-bond acceptors (Lipinski definition) is 2. The fourth-order valence-corrected chi connectivity index (χ4v) is 4.66. The molecule has 4 rings (SSSR count). The predicted octanol–water partition coefficient (Wildman–Crippen LogP) is 4.63. The first-order chi connectivity index (χ1) is 12.2. The first-order valence-electron chi connectivity index (χ1n) is 9.81. The quantitative estimate of drug-likeness (QED) is 0.783. The van der Waals surface area contributed by atoms with Crippen LogP contribution in [-0.2, 0) is 11.3 Å². The Bertz CT molecular complexity index is 689. The summed E-state index contributed by atoms with van der Waals surface area (Å²) in [4.78, 5) is 15.5. The van der Waals surface area contributed by atoms with Crippen LogP contribution in [0.2, 0.25) is 0 Å². The predicted molar refractivity (Wildman–Crippen MR) is 99.5 cm³/mol. The molecule has 0 radical (unpaired) electrons. The van der Waals surface area contributed by atoms with Gasteiger partial charge in [-0.05, 0) is 68.1 Å². The van der Waals surface area contributed by atoms with Gasteiger partial charge >= 0.3 is 0 Å². The highest BCUT2D eigenvalue weighted by molar-refractivity contribution is 5.94. The minimum absolute atomic E-state index is 0.301. The Balaban J connectivity index is 1.57. The average Bonchev–Trinajstić information content (AvgIpc) is 3.46. The molecule has 0 spiro atoms. The molecule has 134 valence electrons. The number of hydrogen-bond donors (Lipinski definition) is 0. The number of methoxy groups -OCH3 is 1. The molecule has 3 aliphatic carbocycles. The summed E-state index contributed by atoms with van der Waals surface area (Å²) in [5.41, 5.74) is 3.47. The van der Waals surface area contributed by atoms with Crippen LogP contribution in [-0.4, -0.2) is 24.0 Å². The first-order valence-corrected chi connectivity index (χ1v) is 9.81. The number of allylic oxidation sites excluding steroid dienone is 1. The first kappa shape index (κ1) is 16.7. The van der Waals surface area contributed by atoms with E-state index in [1.165, 1.54) is 31.2 Å². The lowest BCUT2D eigenvalue weighted by atomic mass is 9.72. The van der Waals surface area contributed by atoms with Gasteiger partial charge in [0.15, 0.2) is 0 Å². The molecule has 3 nitrogen and oxygen atoms in total. The minimum Gasteiger partial charge on any atom is -0.496 e.